The Morgan fingerprint density at radius 2 is 2.50 bits per heavy atom. The Balaban J connectivity index is 2.90. The van der Waals surface area contributed by atoms with Gasteiger partial charge in [0.1, 0.15) is 0 Å². The molecule has 1 aromatic heterocycles. The van der Waals surface area contributed by atoms with E-state index in [9.17, 15) is 0 Å². The van der Waals surface area contributed by atoms with E-state index in [-0.39, 0.29) is 0 Å². The normalized spacial score (nSPS) is 13.5. The molecule has 0 aliphatic heterocycles. The second kappa shape index (κ2) is 2.79. The number of aliphatic hydroxyl groups excluding tert-OH is 1. The highest BCUT2D eigenvalue weighted by Crippen LogP contribution is 2.07. The number of hydrogen-bond donors (Lipinski definition) is 1. The molecule has 0 saturated heterocycles. The summed E-state index contributed by atoms with van der Waals surface area (Å²) in [7, 11) is 0. The minimum absolute atomic E-state index is 0.477. The van der Waals surface area contributed by atoms with Crippen molar-refractivity contribution in [3.05, 3.63) is 11.9 Å². The highest BCUT2D eigenvalue weighted by molar-refractivity contribution is 4.96. The van der Waals surface area contributed by atoms with Crippen molar-refractivity contribution in [3.8, 4) is 0 Å². The first-order valence-corrected chi connectivity index (χ1v) is 3.32. The van der Waals surface area contributed by atoms with E-state index in [0.717, 1.165) is 12.2 Å². The average Bonchev–Trinajstić information content (AvgIpc) is 2.33. The van der Waals surface area contributed by atoms with Crippen LogP contribution in [0, 0.1) is 0 Å². The van der Waals surface area contributed by atoms with Gasteiger partial charge in [0.25, 0.3) is 0 Å². The number of nitrogens with zero attached hydrogens (tertiary/aromatic N) is 3. The number of aromatic nitrogens is 3. The van der Waals surface area contributed by atoms with Gasteiger partial charge in [-0.05, 0) is 13.8 Å². The van der Waals surface area contributed by atoms with Crippen molar-refractivity contribution >= 4 is 0 Å². The third-order valence-corrected chi connectivity index (χ3v) is 1.38. The Kier molecular flexibility index (Phi) is 2.01. The molecule has 0 radical (unpaired) electrons. The zero-order valence-electron chi connectivity index (χ0n) is 6.15. The second-order valence-electron chi connectivity index (χ2n) is 2.15. The van der Waals surface area contributed by atoms with Crippen molar-refractivity contribution < 1.29 is 5.11 Å². The molecule has 0 amide bonds. The van der Waals surface area contributed by atoms with E-state index in [2.05, 4.69) is 10.3 Å². The maximum Gasteiger partial charge on any atom is 0.0945 e. The van der Waals surface area contributed by atoms with E-state index in [1.807, 2.05) is 6.92 Å². The van der Waals surface area contributed by atoms with Gasteiger partial charge >= 0.3 is 0 Å². The summed E-state index contributed by atoms with van der Waals surface area (Å²) in [6.45, 7) is 4.41. The molecule has 0 aromatic carbocycles. The fourth-order valence-electron chi connectivity index (χ4n) is 0.835. The third-order valence-electron chi connectivity index (χ3n) is 1.38. The Morgan fingerprint density at radius 3 is 2.90 bits per heavy atom. The summed E-state index contributed by atoms with van der Waals surface area (Å²) in [4.78, 5) is 0. The van der Waals surface area contributed by atoms with Crippen molar-refractivity contribution in [1.29, 1.82) is 0 Å². The molecule has 0 spiro atoms. The standard InChI is InChI=1S/C6H11N3O/c1-3-9-6(5(2)10)4-7-8-9/h4-5,10H,3H2,1-2H3. The van der Waals surface area contributed by atoms with E-state index in [4.69, 9.17) is 5.11 Å². The summed E-state index contributed by atoms with van der Waals surface area (Å²) in [5, 5.41) is 16.6. The van der Waals surface area contributed by atoms with Crippen LogP contribution in [0.1, 0.15) is 25.6 Å². The Labute approximate surface area is 59.5 Å². The molecule has 4 nitrogen and oxygen atoms in total. The van der Waals surface area contributed by atoms with Crippen LogP contribution in [0.15, 0.2) is 6.20 Å². The van der Waals surface area contributed by atoms with Gasteiger partial charge in [0, 0.05) is 6.54 Å². The number of hydrogen-bond acceptors (Lipinski definition) is 3. The zero-order chi connectivity index (χ0) is 7.56. The van der Waals surface area contributed by atoms with Gasteiger partial charge in [-0.25, -0.2) is 4.68 Å². The van der Waals surface area contributed by atoms with Crippen LogP contribution in [-0.4, -0.2) is 20.1 Å². The summed E-state index contributed by atoms with van der Waals surface area (Å²) in [5.41, 5.74) is 0.766. The van der Waals surface area contributed by atoms with Crippen LogP contribution in [0.5, 0.6) is 0 Å². The van der Waals surface area contributed by atoms with Gasteiger partial charge in [-0.3, -0.25) is 0 Å². The molecule has 1 N–H and O–H groups in total. The molecule has 1 atom stereocenters. The Bertz CT molecular complexity index is 207. The van der Waals surface area contributed by atoms with Crippen LogP contribution in [0.3, 0.4) is 0 Å². The Hall–Kier alpha value is -0.900. The highest BCUT2D eigenvalue weighted by atomic mass is 16.3. The van der Waals surface area contributed by atoms with Gasteiger partial charge < -0.3 is 5.11 Å². The van der Waals surface area contributed by atoms with E-state index in [1.165, 1.54) is 0 Å². The summed E-state index contributed by atoms with van der Waals surface area (Å²) in [6.07, 6.45) is 1.10. The lowest BCUT2D eigenvalue weighted by Gasteiger charge is -2.03. The monoisotopic (exact) mass is 141 g/mol. The summed E-state index contributed by atoms with van der Waals surface area (Å²) in [6, 6.07) is 0. The maximum atomic E-state index is 9.12. The van der Waals surface area contributed by atoms with Crippen molar-refractivity contribution in [3.63, 3.8) is 0 Å². The largest absolute Gasteiger partial charge is 0.387 e. The SMILES string of the molecule is CCn1nncc1C(C)O. The first-order valence-electron chi connectivity index (χ1n) is 3.32. The molecule has 0 aliphatic rings. The molecule has 0 fully saturated rings. The van der Waals surface area contributed by atoms with E-state index in [1.54, 1.807) is 17.8 Å². The summed E-state index contributed by atoms with van der Waals surface area (Å²) < 4.78 is 1.67. The number of aliphatic hydroxyl groups is 1. The summed E-state index contributed by atoms with van der Waals surface area (Å²) >= 11 is 0. The van der Waals surface area contributed by atoms with Crippen LogP contribution in [-0.2, 0) is 6.54 Å². The minimum atomic E-state index is -0.477. The van der Waals surface area contributed by atoms with Crippen molar-refractivity contribution in [2.45, 2.75) is 26.5 Å². The van der Waals surface area contributed by atoms with Crippen LogP contribution in [0.25, 0.3) is 0 Å². The van der Waals surface area contributed by atoms with Crippen molar-refractivity contribution in [2.75, 3.05) is 0 Å². The third kappa shape index (κ3) is 1.16. The molecular weight excluding hydrogens is 130 g/mol. The quantitative estimate of drug-likeness (QED) is 0.646. The molecule has 10 heavy (non-hydrogen) atoms. The second-order valence-corrected chi connectivity index (χ2v) is 2.15. The smallest absolute Gasteiger partial charge is 0.0945 e. The first-order chi connectivity index (χ1) is 4.75. The molecule has 0 aliphatic carbocycles. The number of aryl methyl sites for hydroxylation is 1. The predicted octanol–water partition coefficient (Wildman–Crippen LogP) is 0.351. The highest BCUT2D eigenvalue weighted by Gasteiger charge is 2.06. The van der Waals surface area contributed by atoms with Crippen molar-refractivity contribution in [2.24, 2.45) is 0 Å². The molecule has 4 heteroatoms. The lowest BCUT2D eigenvalue weighted by Crippen LogP contribution is -2.05. The zero-order valence-corrected chi connectivity index (χ0v) is 6.15. The van der Waals surface area contributed by atoms with Gasteiger partial charge in [0.2, 0.25) is 0 Å². The van der Waals surface area contributed by atoms with Crippen LogP contribution >= 0.6 is 0 Å². The predicted molar refractivity (Wildman–Crippen MR) is 36.3 cm³/mol. The lowest BCUT2D eigenvalue weighted by molar-refractivity contribution is 0.187. The van der Waals surface area contributed by atoms with Gasteiger partial charge in [-0.15, -0.1) is 5.10 Å². The molecular formula is C6H11N3O. The Morgan fingerprint density at radius 1 is 1.80 bits per heavy atom. The maximum absolute atomic E-state index is 9.12. The van der Waals surface area contributed by atoms with Crippen LogP contribution in [0.4, 0.5) is 0 Å². The van der Waals surface area contributed by atoms with Crippen molar-refractivity contribution in [1.82, 2.24) is 15.0 Å². The first kappa shape index (κ1) is 7.21. The molecule has 1 unspecified atom stereocenters. The average molecular weight is 141 g/mol. The molecule has 1 rings (SSSR count). The van der Waals surface area contributed by atoms with Crippen LogP contribution < -0.4 is 0 Å². The molecule has 1 aromatic rings. The number of rotatable bonds is 2. The van der Waals surface area contributed by atoms with E-state index in [0.29, 0.717) is 0 Å². The van der Waals surface area contributed by atoms with Gasteiger partial charge in [-0.1, -0.05) is 5.21 Å². The fraction of sp³-hybridized carbons (Fsp3) is 0.667. The van der Waals surface area contributed by atoms with Gasteiger partial charge in [0.05, 0.1) is 18.0 Å². The van der Waals surface area contributed by atoms with Gasteiger partial charge in [0.15, 0.2) is 0 Å². The molecule has 56 valence electrons. The molecule has 0 saturated carbocycles. The lowest BCUT2D eigenvalue weighted by atomic mass is 10.3. The fourth-order valence-corrected chi connectivity index (χ4v) is 0.835. The molecule has 0 bridgehead atoms. The van der Waals surface area contributed by atoms with E-state index >= 15 is 0 Å². The van der Waals surface area contributed by atoms with Crippen LogP contribution in [0.2, 0.25) is 0 Å². The topological polar surface area (TPSA) is 50.9 Å². The molecule has 1 heterocycles. The summed E-state index contributed by atoms with van der Waals surface area (Å²) in [5.74, 6) is 0. The van der Waals surface area contributed by atoms with Gasteiger partial charge in [-0.2, -0.15) is 0 Å². The van der Waals surface area contributed by atoms with E-state index < -0.39 is 6.10 Å². The minimum Gasteiger partial charge on any atom is -0.387 e.